The number of rotatable bonds is 10. The number of benzene rings is 4. The Hall–Kier alpha value is -2.58. The highest BCUT2D eigenvalue weighted by atomic mass is 35.5. The van der Waals surface area contributed by atoms with Crippen LogP contribution in [-0.2, 0) is 28.4 Å². The molecule has 0 aliphatic rings. The summed E-state index contributed by atoms with van der Waals surface area (Å²) < 4.78 is 7.29. The molecule has 0 saturated heterocycles. The summed E-state index contributed by atoms with van der Waals surface area (Å²) >= 11 is 12.5. The van der Waals surface area contributed by atoms with Crippen LogP contribution in [0.15, 0.2) is 109 Å². The van der Waals surface area contributed by atoms with Crippen LogP contribution < -0.4 is 0 Å². The highest BCUT2D eigenvalue weighted by Crippen LogP contribution is 2.38. The van der Waals surface area contributed by atoms with Crippen LogP contribution in [-0.4, -0.2) is 12.2 Å². The zero-order chi connectivity index (χ0) is 26.5. The molecule has 0 saturated carbocycles. The Bertz CT molecular complexity index is 1150. The minimum absolute atomic E-state index is 0.0728. The first-order valence-corrected chi connectivity index (χ1v) is 13.7. The quantitative estimate of drug-likeness (QED) is 0.198. The zero-order valence-electron chi connectivity index (χ0n) is 22.1. The van der Waals surface area contributed by atoms with E-state index in [9.17, 15) is 0 Å². The van der Waals surface area contributed by atoms with Gasteiger partial charge in [0.1, 0.15) is 0 Å². The van der Waals surface area contributed by atoms with Gasteiger partial charge in [-0.3, -0.25) is 0 Å². The van der Waals surface area contributed by atoms with Crippen molar-refractivity contribution in [3.8, 4) is 0 Å². The molecule has 4 aromatic carbocycles. The Morgan fingerprint density at radius 2 is 0.838 bits per heavy atom. The minimum atomic E-state index is -0.258. The van der Waals surface area contributed by atoms with Gasteiger partial charge in [0.2, 0.25) is 0 Å². The van der Waals surface area contributed by atoms with Crippen LogP contribution in [0.2, 0.25) is 10.0 Å². The lowest BCUT2D eigenvalue weighted by Gasteiger charge is -2.43. The molecule has 3 heteroatoms. The number of halogens is 2. The fourth-order valence-electron chi connectivity index (χ4n) is 4.93. The molecule has 0 spiro atoms. The van der Waals surface area contributed by atoms with E-state index in [1.165, 1.54) is 22.3 Å². The van der Waals surface area contributed by atoms with Crippen molar-refractivity contribution in [3.05, 3.63) is 141 Å². The first-order chi connectivity index (χ1) is 17.7. The van der Waals surface area contributed by atoms with Crippen LogP contribution in [0.3, 0.4) is 0 Å². The fourth-order valence-corrected chi connectivity index (χ4v) is 5.18. The van der Waals surface area contributed by atoms with E-state index in [1.54, 1.807) is 0 Å². The van der Waals surface area contributed by atoms with Crippen molar-refractivity contribution in [2.45, 2.75) is 63.6 Å². The van der Waals surface area contributed by atoms with Crippen molar-refractivity contribution in [2.24, 2.45) is 0 Å². The summed E-state index contributed by atoms with van der Waals surface area (Å²) in [5.41, 5.74) is 4.42. The van der Waals surface area contributed by atoms with Crippen LogP contribution in [0.5, 0.6) is 0 Å². The molecule has 192 valence electrons. The smallest absolute Gasteiger partial charge is 0.0710 e. The minimum Gasteiger partial charge on any atom is -0.372 e. The van der Waals surface area contributed by atoms with Crippen LogP contribution in [0.1, 0.15) is 49.9 Å². The van der Waals surface area contributed by atoms with Gasteiger partial charge in [-0.05, 0) is 59.4 Å². The molecule has 2 atom stereocenters. The van der Waals surface area contributed by atoms with Crippen LogP contribution in [0.25, 0.3) is 0 Å². The van der Waals surface area contributed by atoms with E-state index < -0.39 is 0 Å². The molecule has 0 aliphatic heterocycles. The van der Waals surface area contributed by atoms with Gasteiger partial charge in [-0.2, -0.15) is 0 Å². The molecule has 4 aromatic rings. The van der Waals surface area contributed by atoms with Gasteiger partial charge in [-0.15, -0.1) is 0 Å². The Balaban J connectivity index is 1.75. The van der Waals surface area contributed by atoms with Gasteiger partial charge in [0.15, 0.2) is 0 Å². The lowest BCUT2D eigenvalue weighted by atomic mass is 9.74. The van der Waals surface area contributed by atoms with Crippen molar-refractivity contribution in [2.75, 3.05) is 0 Å². The SMILES string of the molecule is CC(C)(c1ccc(Cl)cc1)C(Cc1ccccc1)OC(Cc1ccccc1)C(C)(C)c1ccc(Cl)cc1. The number of hydrogen-bond donors (Lipinski definition) is 0. The van der Waals surface area contributed by atoms with Gasteiger partial charge in [-0.1, -0.05) is 136 Å². The van der Waals surface area contributed by atoms with Gasteiger partial charge in [0, 0.05) is 20.9 Å². The van der Waals surface area contributed by atoms with Crippen LogP contribution in [0.4, 0.5) is 0 Å². The Morgan fingerprint density at radius 3 is 1.16 bits per heavy atom. The molecule has 0 bridgehead atoms. The number of ether oxygens (including phenoxy) is 1. The molecule has 1 nitrogen and oxygen atoms in total. The Morgan fingerprint density at radius 1 is 0.514 bits per heavy atom. The van der Waals surface area contributed by atoms with E-state index in [-0.39, 0.29) is 23.0 Å². The van der Waals surface area contributed by atoms with Crippen molar-refractivity contribution in [1.29, 1.82) is 0 Å². The molecule has 0 heterocycles. The molecular formula is C34H36Cl2O. The summed E-state index contributed by atoms with van der Waals surface area (Å²) in [4.78, 5) is 0. The molecule has 0 fully saturated rings. The second-order valence-electron chi connectivity index (χ2n) is 10.9. The highest BCUT2D eigenvalue weighted by molar-refractivity contribution is 6.30. The summed E-state index contributed by atoms with van der Waals surface area (Å²) in [6.07, 6.45) is 1.46. The van der Waals surface area contributed by atoms with Gasteiger partial charge in [0.25, 0.3) is 0 Å². The van der Waals surface area contributed by atoms with E-state index in [0.717, 1.165) is 22.9 Å². The van der Waals surface area contributed by atoms with Crippen molar-refractivity contribution in [3.63, 3.8) is 0 Å². The first kappa shape index (κ1) is 27.5. The molecule has 2 unspecified atom stereocenters. The van der Waals surface area contributed by atoms with Gasteiger partial charge >= 0.3 is 0 Å². The maximum Gasteiger partial charge on any atom is 0.0710 e. The molecule has 0 N–H and O–H groups in total. The van der Waals surface area contributed by atoms with E-state index in [0.29, 0.717) is 0 Å². The molecule has 4 rings (SSSR count). The molecule has 0 radical (unpaired) electrons. The van der Waals surface area contributed by atoms with Crippen molar-refractivity contribution >= 4 is 23.2 Å². The Labute approximate surface area is 232 Å². The largest absolute Gasteiger partial charge is 0.372 e. The topological polar surface area (TPSA) is 9.23 Å². The highest BCUT2D eigenvalue weighted by Gasteiger charge is 2.39. The monoisotopic (exact) mass is 530 g/mol. The summed E-state index contributed by atoms with van der Waals surface area (Å²) in [5.74, 6) is 0. The maximum absolute atomic E-state index is 7.29. The second kappa shape index (κ2) is 11.9. The average molecular weight is 532 g/mol. The zero-order valence-corrected chi connectivity index (χ0v) is 23.6. The Kier molecular flexibility index (Phi) is 8.80. The number of hydrogen-bond acceptors (Lipinski definition) is 1. The van der Waals surface area contributed by atoms with Gasteiger partial charge < -0.3 is 4.74 Å². The average Bonchev–Trinajstić information content (AvgIpc) is 2.89. The third-order valence-corrected chi connectivity index (χ3v) is 8.15. The summed E-state index contributed by atoms with van der Waals surface area (Å²) in [6.45, 7) is 9.11. The van der Waals surface area contributed by atoms with Crippen molar-refractivity contribution in [1.82, 2.24) is 0 Å². The van der Waals surface area contributed by atoms with Crippen molar-refractivity contribution < 1.29 is 4.74 Å². The van der Waals surface area contributed by atoms with E-state index in [2.05, 4.69) is 113 Å². The molecule has 0 aliphatic carbocycles. The van der Waals surface area contributed by atoms with E-state index in [1.807, 2.05) is 24.3 Å². The first-order valence-electron chi connectivity index (χ1n) is 12.9. The summed E-state index contributed by atoms with van der Waals surface area (Å²) in [5, 5.41) is 1.48. The lowest BCUT2D eigenvalue weighted by Crippen LogP contribution is -2.46. The summed E-state index contributed by atoms with van der Waals surface area (Å²) in [6, 6.07) is 37.6. The van der Waals surface area contributed by atoms with Crippen LogP contribution >= 0.6 is 23.2 Å². The predicted octanol–water partition coefficient (Wildman–Crippen LogP) is 9.49. The van der Waals surface area contributed by atoms with E-state index in [4.69, 9.17) is 27.9 Å². The lowest BCUT2D eigenvalue weighted by molar-refractivity contribution is -0.0752. The third kappa shape index (κ3) is 6.85. The summed E-state index contributed by atoms with van der Waals surface area (Å²) in [7, 11) is 0. The van der Waals surface area contributed by atoms with Crippen LogP contribution in [0, 0.1) is 0 Å². The third-order valence-electron chi connectivity index (χ3n) is 7.64. The second-order valence-corrected chi connectivity index (χ2v) is 11.8. The maximum atomic E-state index is 7.29. The molecule has 0 aromatic heterocycles. The molecule has 37 heavy (non-hydrogen) atoms. The van der Waals surface area contributed by atoms with Gasteiger partial charge in [-0.25, -0.2) is 0 Å². The fraction of sp³-hybridized carbons (Fsp3) is 0.294. The molecule has 0 amide bonds. The standard InChI is InChI=1S/C34H36Cl2O/c1-33(2,27-15-19-29(35)20-16-27)31(23-25-11-7-5-8-12-25)37-32(24-26-13-9-6-10-14-26)34(3,4)28-17-21-30(36)22-18-28/h5-22,31-32H,23-24H2,1-4H3. The van der Waals surface area contributed by atoms with E-state index >= 15 is 0 Å². The van der Waals surface area contributed by atoms with Gasteiger partial charge in [0.05, 0.1) is 12.2 Å². The molecular weight excluding hydrogens is 495 g/mol. The normalized spacial score (nSPS) is 13.8. The predicted molar refractivity (Wildman–Crippen MR) is 158 cm³/mol.